The molecule has 1 spiro atoms. The SMILES string of the molecule is COc1ccc(CC2NC(=O)C34OC(=O)OCCC(C)(O)C(=O)C(C)CC=CC3C3OC3(C)C(C)C24)cc1. The summed E-state index contributed by atoms with van der Waals surface area (Å²) < 4.78 is 22.9. The summed E-state index contributed by atoms with van der Waals surface area (Å²) in [6.07, 6.45) is 3.21. The molecule has 0 aromatic heterocycles. The van der Waals surface area contributed by atoms with E-state index in [9.17, 15) is 19.5 Å². The normalized spacial score (nSPS) is 42.6. The van der Waals surface area contributed by atoms with Crippen molar-refractivity contribution in [3.8, 4) is 5.75 Å². The van der Waals surface area contributed by atoms with Gasteiger partial charge in [-0.05, 0) is 50.3 Å². The van der Waals surface area contributed by atoms with Crippen molar-refractivity contribution in [2.24, 2.45) is 23.7 Å². The number of fused-ring (bicyclic) bond motifs is 2. The molecule has 38 heavy (non-hydrogen) atoms. The van der Waals surface area contributed by atoms with Crippen LogP contribution in [0.5, 0.6) is 5.75 Å². The smallest absolute Gasteiger partial charge is 0.497 e. The number of hydrogen-bond acceptors (Lipinski definition) is 8. The summed E-state index contributed by atoms with van der Waals surface area (Å²) in [5.41, 5.74) is -2.65. The second kappa shape index (κ2) is 9.38. The lowest BCUT2D eigenvalue weighted by atomic mass is 9.59. The van der Waals surface area contributed by atoms with Crippen molar-refractivity contribution in [1.29, 1.82) is 0 Å². The van der Waals surface area contributed by atoms with E-state index in [4.69, 9.17) is 18.9 Å². The molecule has 2 saturated heterocycles. The number of benzene rings is 1. The summed E-state index contributed by atoms with van der Waals surface area (Å²) in [4.78, 5) is 39.8. The molecule has 0 bridgehead atoms. The van der Waals surface area contributed by atoms with Crippen molar-refractivity contribution in [3.05, 3.63) is 42.0 Å². The highest BCUT2D eigenvalue weighted by Crippen LogP contribution is 2.63. The first-order valence-corrected chi connectivity index (χ1v) is 13.3. The first-order valence-electron chi connectivity index (χ1n) is 13.3. The number of epoxide rings is 1. The maximum atomic E-state index is 13.9. The van der Waals surface area contributed by atoms with Gasteiger partial charge >= 0.3 is 6.16 Å². The number of carbonyl (C=O) groups is 3. The van der Waals surface area contributed by atoms with Gasteiger partial charge in [-0.3, -0.25) is 9.59 Å². The van der Waals surface area contributed by atoms with Crippen LogP contribution >= 0.6 is 0 Å². The van der Waals surface area contributed by atoms with Gasteiger partial charge in [-0.2, -0.15) is 0 Å². The highest BCUT2D eigenvalue weighted by molar-refractivity contribution is 5.92. The molecule has 1 aromatic rings. The number of amides is 1. The molecule has 206 valence electrons. The molecule has 2 N–H and O–H groups in total. The monoisotopic (exact) mass is 527 g/mol. The first-order chi connectivity index (χ1) is 17.9. The molecule has 5 rings (SSSR count). The minimum absolute atomic E-state index is 0.0681. The van der Waals surface area contributed by atoms with E-state index in [1.54, 1.807) is 14.0 Å². The minimum atomic E-state index is -1.64. The quantitative estimate of drug-likeness (QED) is 0.349. The van der Waals surface area contributed by atoms with Crippen LogP contribution in [0.2, 0.25) is 0 Å². The Morgan fingerprint density at radius 1 is 1.13 bits per heavy atom. The van der Waals surface area contributed by atoms with E-state index in [1.807, 2.05) is 50.3 Å². The summed E-state index contributed by atoms with van der Waals surface area (Å²) >= 11 is 0. The highest BCUT2D eigenvalue weighted by Gasteiger charge is 2.78. The van der Waals surface area contributed by atoms with Crippen LogP contribution in [-0.2, 0) is 30.2 Å². The summed E-state index contributed by atoms with van der Waals surface area (Å²) in [6, 6.07) is 7.37. The summed E-state index contributed by atoms with van der Waals surface area (Å²) in [5.74, 6) is -1.48. The molecule has 1 saturated carbocycles. The fraction of sp³-hybridized carbons (Fsp3) is 0.621. The van der Waals surface area contributed by atoms with Crippen LogP contribution in [0.3, 0.4) is 0 Å². The average Bonchev–Trinajstić information content (AvgIpc) is 3.49. The third-order valence-corrected chi connectivity index (χ3v) is 9.24. The molecule has 9 atom stereocenters. The molecule has 0 radical (unpaired) electrons. The summed E-state index contributed by atoms with van der Waals surface area (Å²) in [6.45, 7) is 7.05. The number of nitrogens with one attached hydrogen (secondary N) is 1. The Morgan fingerprint density at radius 3 is 2.53 bits per heavy atom. The molecule has 4 aliphatic rings. The fourth-order valence-electron chi connectivity index (χ4n) is 6.84. The van der Waals surface area contributed by atoms with Gasteiger partial charge in [0.25, 0.3) is 5.91 Å². The van der Waals surface area contributed by atoms with E-state index < -0.39 is 40.7 Å². The Morgan fingerprint density at radius 2 is 1.84 bits per heavy atom. The number of Topliss-reactive ketones (excluding diaryl/α,β-unsaturated/α-hetero) is 1. The van der Waals surface area contributed by atoms with Crippen molar-refractivity contribution >= 4 is 17.8 Å². The summed E-state index contributed by atoms with van der Waals surface area (Å²) in [7, 11) is 1.61. The minimum Gasteiger partial charge on any atom is -0.497 e. The molecule has 3 aliphatic heterocycles. The zero-order valence-electron chi connectivity index (χ0n) is 22.6. The Bertz CT molecular complexity index is 1150. The summed E-state index contributed by atoms with van der Waals surface area (Å²) in [5, 5.41) is 13.8. The standard InChI is InChI=1S/C29H37NO8/c1-16-7-6-8-20-24-28(4,37-24)17(2)22-21(15-18-9-11-19(35-5)12-10-18)30-25(32)29(20,22)38-26(33)36-14-13-27(3,34)23(16)31/h6,8-12,16-17,20-22,24,34H,7,13-15H2,1-5H3,(H,30,32). The van der Waals surface area contributed by atoms with E-state index >= 15 is 0 Å². The van der Waals surface area contributed by atoms with Crippen LogP contribution in [-0.4, -0.2) is 65.6 Å². The van der Waals surface area contributed by atoms with Gasteiger partial charge < -0.3 is 29.4 Å². The van der Waals surface area contributed by atoms with Crippen molar-refractivity contribution in [1.82, 2.24) is 5.32 Å². The van der Waals surface area contributed by atoms with Gasteiger partial charge in [0.2, 0.25) is 5.60 Å². The molecule has 1 amide bonds. The van der Waals surface area contributed by atoms with Crippen molar-refractivity contribution in [3.63, 3.8) is 0 Å². The second-order valence-corrected chi connectivity index (χ2v) is 11.6. The molecular formula is C29H37NO8. The largest absolute Gasteiger partial charge is 0.509 e. The Labute approximate surface area is 222 Å². The zero-order chi connectivity index (χ0) is 27.5. The van der Waals surface area contributed by atoms with E-state index in [-0.39, 0.29) is 42.8 Å². The number of carbonyl (C=O) groups excluding carboxylic acids is 3. The molecule has 9 heteroatoms. The predicted molar refractivity (Wildman–Crippen MR) is 136 cm³/mol. The van der Waals surface area contributed by atoms with Gasteiger partial charge in [-0.1, -0.05) is 38.1 Å². The van der Waals surface area contributed by atoms with Gasteiger partial charge in [-0.25, -0.2) is 4.79 Å². The van der Waals surface area contributed by atoms with Crippen molar-refractivity contribution in [2.45, 2.75) is 75.9 Å². The van der Waals surface area contributed by atoms with E-state index in [0.29, 0.717) is 12.8 Å². The van der Waals surface area contributed by atoms with E-state index in [1.165, 1.54) is 6.92 Å². The lowest BCUT2D eigenvalue weighted by Gasteiger charge is -2.45. The highest BCUT2D eigenvalue weighted by atomic mass is 16.7. The third kappa shape index (κ3) is 4.20. The predicted octanol–water partition coefficient (Wildman–Crippen LogP) is 2.97. The van der Waals surface area contributed by atoms with Gasteiger partial charge in [-0.15, -0.1) is 0 Å². The second-order valence-electron chi connectivity index (χ2n) is 11.6. The first kappa shape index (κ1) is 26.7. The molecule has 3 heterocycles. The average molecular weight is 528 g/mol. The molecular weight excluding hydrogens is 490 g/mol. The number of aliphatic hydroxyl groups is 1. The number of methoxy groups -OCH3 is 1. The number of hydrogen-bond donors (Lipinski definition) is 2. The molecule has 3 fully saturated rings. The van der Waals surface area contributed by atoms with Crippen molar-refractivity contribution < 1.29 is 38.4 Å². The van der Waals surface area contributed by atoms with E-state index in [0.717, 1.165) is 11.3 Å². The Hall–Kier alpha value is -2.91. The van der Waals surface area contributed by atoms with Crippen LogP contribution in [0.25, 0.3) is 0 Å². The molecule has 1 aromatic carbocycles. The zero-order valence-corrected chi connectivity index (χ0v) is 22.6. The van der Waals surface area contributed by atoms with E-state index in [2.05, 4.69) is 5.32 Å². The number of ketones is 1. The van der Waals surface area contributed by atoms with Gasteiger partial charge in [0, 0.05) is 24.3 Å². The lowest BCUT2D eigenvalue weighted by Crippen LogP contribution is -2.61. The van der Waals surface area contributed by atoms with Gasteiger partial charge in [0.05, 0.1) is 31.3 Å². The topological polar surface area (TPSA) is 124 Å². The van der Waals surface area contributed by atoms with Crippen LogP contribution in [0.1, 0.15) is 46.1 Å². The van der Waals surface area contributed by atoms with Gasteiger partial charge in [0.1, 0.15) is 11.4 Å². The maximum absolute atomic E-state index is 13.9. The van der Waals surface area contributed by atoms with Crippen LogP contribution in [0, 0.1) is 23.7 Å². The van der Waals surface area contributed by atoms with Crippen molar-refractivity contribution in [2.75, 3.05) is 13.7 Å². The molecule has 9 nitrogen and oxygen atoms in total. The maximum Gasteiger partial charge on any atom is 0.509 e. The number of ether oxygens (including phenoxy) is 4. The Balaban J connectivity index is 1.53. The van der Waals surface area contributed by atoms with Crippen LogP contribution in [0.4, 0.5) is 4.79 Å². The number of cyclic esters (lactones) is 1. The fourth-order valence-corrected chi connectivity index (χ4v) is 6.84. The number of rotatable bonds is 3. The molecule has 9 unspecified atom stereocenters. The van der Waals surface area contributed by atoms with Crippen LogP contribution in [0.15, 0.2) is 36.4 Å². The number of allylic oxidation sites excluding steroid dienone is 1. The van der Waals surface area contributed by atoms with Crippen LogP contribution < -0.4 is 10.1 Å². The third-order valence-electron chi connectivity index (χ3n) is 9.24. The Kier molecular flexibility index (Phi) is 6.59. The molecule has 1 aliphatic carbocycles. The lowest BCUT2D eigenvalue weighted by molar-refractivity contribution is -0.155. The van der Waals surface area contributed by atoms with Gasteiger partial charge in [0.15, 0.2) is 5.78 Å².